The van der Waals surface area contributed by atoms with Gasteiger partial charge in [-0.25, -0.2) is 4.79 Å². The zero-order valence-corrected chi connectivity index (χ0v) is 10.4. The fourth-order valence-corrected chi connectivity index (χ4v) is 2.52. The van der Waals surface area contributed by atoms with E-state index in [2.05, 4.69) is 4.74 Å². The number of hydrogen-bond acceptors (Lipinski definition) is 3. The summed E-state index contributed by atoms with van der Waals surface area (Å²) < 4.78 is 16.2. The summed E-state index contributed by atoms with van der Waals surface area (Å²) in [6.07, 6.45) is 1.64. The minimum absolute atomic E-state index is 0.366. The molecule has 0 spiro atoms. The van der Waals surface area contributed by atoms with Gasteiger partial charge in [-0.3, -0.25) is 4.21 Å². The Morgan fingerprint density at radius 1 is 1.24 bits per heavy atom. The zero-order valence-electron chi connectivity index (χ0n) is 9.60. The molecular weight excluding hydrogens is 236 g/mol. The van der Waals surface area contributed by atoms with Crippen LogP contribution in [0.1, 0.15) is 10.4 Å². The highest BCUT2D eigenvalue weighted by molar-refractivity contribution is 7.84. The zero-order chi connectivity index (χ0) is 12.4. The van der Waals surface area contributed by atoms with Crippen molar-refractivity contribution in [2.45, 2.75) is 4.90 Å². The maximum Gasteiger partial charge on any atom is 0.337 e. The van der Waals surface area contributed by atoms with Gasteiger partial charge in [-0.05, 0) is 29.0 Å². The summed E-state index contributed by atoms with van der Waals surface area (Å²) in [5, 5.41) is 1.79. The fourth-order valence-electron chi connectivity index (χ4n) is 1.75. The quantitative estimate of drug-likeness (QED) is 0.766. The van der Waals surface area contributed by atoms with E-state index in [-0.39, 0.29) is 5.97 Å². The maximum absolute atomic E-state index is 11.6. The molecule has 2 aromatic carbocycles. The average Bonchev–Trinajstić information content (AvgIpc) is 2.36. The summed E-state index contributed by atoms with van der Waals surface area (Å²) in [7, 11) is 0.312. The summed E-state index contributed by atoms with van der Waals surface area (Å²) in [5.74, 6) is -0.366. The second-order valence-electron chi connectivity index (χ2n) is 3.64. The van der Waals surface area contributed by atoms with Gasteiger partial charge in [0, 0.05) is 11.2 Å². The highest BCUT2D eigenvalue weighted by atomic mass is 32.2. The summed E-state index contributed by atoms with van der Waals surface area (Å²) in [6.45, 7) is 0. The normalized spacial score (nSPS) is 12.4. The first-order valence-corrected chi connectivity index (χ1v) is 6.64. The largest absolute Gasteiger partial charge is 0.465 e. The molecule has 0 saturated heterocycles. The van der Waals surface area contributed by atoms with Crippen molar-refractivity contribution in [2.75, 3.05) is 13.4 Å². The van der Waals surface area contributed by atoms with E-state index in [1.54, 1.807) is 24.5 Å². The van der Waals surface area contributed by atoms with Gasteiger partial charge in [0.25, 0.3) is 0 Å². The molecule has 0 radical (unpaired) electrons. The predicted octanol–water partition coefficient (Wildman–Crippen LogP) is 2.36. The van der Waals surface area contributed by atoms with Crippen molar-refractivity contribution in [3.8, 4) is 0 Å². The number of rotatable bonds is 2. The van der Waals surface area contributed by atoms with E-state index in [4.69, 9.17) is 0 Å². The highest BCUT2D eigenvalue weighted by Gasteiger charge is 2.08. The van der Waals surface area contributed by atoms with E-state index in [9.17, 15) is 9.00 Å². The molecule has 88 valence electrons. The first kappa shape index (κ1) is 11.8. The van der Waals surface area contributed by atoms with Gasteiger partial charge >= 0.3 is 5.97 Å². The Labute approximate surface area is 102 Å². The van der Waals surface area contributed by atoms with Gasteiger partial charge in [0.15, 0.2) is 0 Å². The number of esters is 1. The van der Waals surface area contributed by atoms with Crippen molar-refractivity contribution in [1.29, 1.82) is 0 Å². The molecule has 3 nitrogen and oxygen atoms in total. The Morgan fingerprint density at radius 3 is 2.65 bits per heavy atom. The Hall–Kier alpha value is -1.68. The number of benzene rings is 2. The Bertz CT molecular complexity index is 605. The third kappa shape index (κ3) is 2.22. The molecule has 17 heavy (non-hydrogen) atoms. The third-order valence-electron chi connectivity index (χ3n) is 2.57. The van der Waals surface area contributed by atoms with Crippen LogP contribution >= 0.6 is 0 Å². The second kappa shape index (κ2) is 4.67. The van der Waals surface area contributed by atoms with Crippen LogP contribution in [-0.4, -0.2) is 23.5 Å². The molecule has 0 aromatic heterocycles. The SMILES string of the molecule is COC(=O)c1ccc2c(S(C)=O)cccc2c1. The van der Waals surface area contributed by atoms with Crippen molar-refractivity contribution in [3.05, 3.63) is 42.0 Å². The monoisotopic (exact) mass is 248 g/mol. The van der Waals surface area contributed by atoms with Gasteiger partial charge in [-0.1, -0.05) is 18.2 Å². The molecule has 0 aliphatic rings. The van der Waals surface area contributed by atoms with Crippen LogP contribution in [0.2, 0.25) is 0 Å². The molecule has 0 bridgehead atoms. The summed E-state index contributed by atoms with van der Waals surface area (Å²) in [4.78, 5) is 12.2. The Balaban J connectivity index is 2.65. The summed E-state index contributed by atoms with van der Waals surface area (Å²) in [5.41, 5.74) is 0.499. The number of ether oxygens (including phenoxy) is 1. The van der Waals surface area contributed by atoms with Crippen molar-refractivity contribution >= 4 is 27.5 Å². The maximum atomic E-state index is 11.6. The summed E-state index contributed by atoms with van der Waals surface area (Å²) in [6, 6.07) is 10.8. The molecule has 1 unspecified atom stereocenters. The van der Waals surface area contributed by atoms with Gasteiger partial charge in [0.2, 0.25) is 0 Å². The molecule has 1 atom stereocenters. The van der Waals surface area contributed by atoms with Gasteiger partial charge in [-0.15, -0.1) is 0 Å². The highest BCUT2D eigenvalue weighted by Crippen LogP contribution is 2.22. The molecular formula is C13H12O3S. The van der Waals surface area contributed by atoms with Crippen LogP contribution < -0.4 is 0 Å². The number of carbonyl (C=O) groups excluding carboxylic acids is 1. The average molecular weight is 248 g/mol. The van der Waals surface area contributed by atoms with Gasteiger partial charge in [-0.2, -0.15) is 0 Å². The first-order valence-electron chi connectivity index (χ1n) is 5.08. The number of carbonyl (C=O) groups is 1. The van der Waals surface area contributed by atoms with Crippen molar-refractivity contribution in [1.82, 2.24) is 0 Å². The van der Waals surface area contributed by atoms with Gasteiger partial charge < -0.3 is 4.74 Å². The molecule has 0 fully saturated rings. The second-order valence-corrected chi connectivity index (χ2v) is 4.99. The molecule has 0 aliphatic heterocycles. The van der Waals surface area contributed by atoms with E-state index in [0.717, 1.165) is 15.7 Å². The number of methoxy groups -OCH3 is 1. The Kier molecular flexibility index (Phi) is 3.24. The van der Waals surface area contributed by atoms with E-state index < -0.39 is 10.8 Å². The van der Waals surface area contributed by atoms with E-state index in [1.165, 1.54) is 7.11 Å². The van der Waals surface area contributed by atoms with Crippen LogP contribution in [0.4, 0.5) is 0 Å². The lowest BCUT2D eigenvalue weighted by molar-refractivity contribution is 0.0601. The van der Waals surface area contributed by atoms with E-state index in [0.29, 0.717) is 5.56 Å². The molecule has 0 aliphatic carbocycles. The molecule has 0 heterocycles. The van der Waals surface area contributed by atoms with Crippen LogP contribution in [0.5, 0.6) is 0 Å². The number of hydrogen-bond donors (Lipinski definition) is 0. The Morgan fingerprint density at radius 2 is 2.00 bits per heavy atom. The standard InChI is InChI=1S/C13H12O3S/c1-16-13(14)10-6-7-11-9(8-10)4-3-5-12(11)17(2)15/h3-8H,1-2H3. The molecule has 4 heteroatoms. The smallest absolute Gasteiger partial charge is 0.337 e. The minimum atomic E-state index is -1.04. The van der Waals surface area contributed by atoms with Crippen LogP contribution in [-0.2, 0) is 15.5 Å². The molecule has 0 N–H and O–H groups in total. The van der Waals surface area contributed by atoms with Crippen molar-refractivity contribution in [3.63, 3.8) is 0 Å². The first-order chi connectivity index (χ1) is 8.13. The lowest BCUT2D eigenvalue weighted by atomic mass is 10.1. The van der Waals surface area contributed by atoms with E-state index in [1.807, 2.05) is 18.2 Å². The van der Waals surface area contributed by atoms with Gasteiger partial charge in [0.1, 0.15) is 0 Å². The molecule has 0 amide bonds. The predicted molar refractivity (Wildman–Crippen MR) is 67.6 cm³/mol. The molecule has 2 aromatic rings. The molecule has 0 saturated carbocycles. The summed E-state index contributed by atoms with van der Waals surface area (Å²) >= 11 is 0. The van der Waals surface area contributed by atoms with Crippen LogP contribution in [0, 0.1) is 0 Å². The van der Waals surface area contributed by atoms with Crippen LogP contribution in [0.25, 0.3) is 10.8 Å². The fraction of sp³-hybridized carbons (Fsp3) is 0.154. The van der Waals surface area contributed by atoms with Gasteiger partial charge in [0.05, 0.1) is 23.5 Å². The third-order valence-corrected chi connectivity index (χ3v) is 3.55. The van der Waals surface area contributed by atoms with Crippen molar-refractivity contribution < 1.29 is 13.7 Å². The van der Waals surface area contributed by atoms with E-state index >= 15 is 0 Å². The van der Waals surface area contributed by atoms with Crippen LogP contribution in [0.3, 0.4) is 0 Å². The molecule has 2 rings (SSSR count). The number of fused-ring (bicyclic) bond motifs is 1. The van der Waals surface area contributed by atoms with Crippen molar-refractivity contribution in [2.24, 2.45) is 0 Å². The lowest BCUT2D eigenvalue weighted by Gasteiger charge is -2.05. The minimum Gasteiger partial charge on any atom is -0.465 e. The lowest BCUT2D eigenvalue weighted by Crippen LogP contribution is -2.01. The van der Waals surface area contributed by atoms with Crippen LogP contribution in [0.15, 0.2) is 41.3 Å². The topological polar surface area (TPSA) is 43.4 Å².